The van der Waals surface area contributed by atoms with Gasteiger partial charge in [-0.05, 0) is 62.8 Å². The molecule has 2 nitrogen and oxygen atoms in total. The van der Waals surface area contributed by atoms with E-state index in [1.807, 2.05) is 11.3 Å². The second-order valence-corrected chi connectivity index (χ2v) is 6.80. The molecular formula is C15H24N2S. The van der Waals surface area contributed by atoms with Gasteiger partial charge in [-0.2, -0.15) is 0 Å². The van der Waals surface area contributed by atoms with Crippen LogP contribution in [0.1, 0.15) is 36.1 Å². The first-order chi connectivity index (χ1) is 8.83. The van der Waals surface area contributed by atoms with Crippen LogP contribution in [-0.4, -0.2) is 42.0 Å². The summed E-state index contributed by atoms with van der Waals surface area (Å²) in [5.74, 6) is 0. The summed E-state index contributed by atoms with van der Waals surface area (Å²) in [6.07, 6.45) is 5.62. The predicted molar refractivity (Wildman–Crippen MR) is 78.2 cm³/mol. The van der Waals surface area contributed by atoms with E-state index in [4.69, 9.17) is 0 Å². The molecule has 3 heteroatoms. The molecule has 0 radical (unpaired) electrons. The molecule has 0 aliphatic carbocycles. The molecule has 2 aliphatic heterocycles. The van der Waals surface area contributed by atoms with E-state index in [9.17, 15) is 0 Å². The van der Waals surface area contributed by atoms with E-state index in [0.29, 0.717) is 0 Å². The number of aryl methyl sites for hydroxylation is 1. The highest BCUT2D eigenvalue weighted by molar-refractivity contribution is 7.10. The van der Waals surface area contributed by atoms with Crippen molar-refractivity contribution < 1.29 is 0 Å². The second-order valence-electron chi connectivity index (χ2n) is 5.80. The first-order valence-corrected chi connectivity index (χ1v) is 8.20. The van der Waals surface area contributed by atoms with Gasteiger partial charge in [-0.25, -0.2) is 0 Å². The lowest BCUT2D eigenvalue weighted by molar-refractivity contribution is 0.135. The number of thiophene rings is 1. The molecule has 3 heterocycles. The van der Waals surface area contributed by atoms with Crippen molar-refractivity contribution in [1.82, 2.24) is 9.80 Å². The average Bonchev–Trinajstić information content (AvgIpc) is 2.66. The third kappa shape index (κ3) is 2.79. The molecule has 2 fully saturated rings. The SMILES string of the molecule is Cc1ccsc1CN1CCCN2CCCCC2C1. The van der Waals surface area contributed by atoms with Crippen molar-refractivity contribution in [3.63, 3.8) is 0 Å². The maximum absolute atomic E-state index is 2.74. The number of rotatable bonds is 2. The molecule has 1 aromatic rings. The van der Waals surface area contributed by atoms with Gasteiger partial charge in [0.15, 0.2) is 0 Å². The van der Waals surface area contributed by atoms with E-state index < -0.39 is 0 Å². The van der Waals surface area contributed by atoms with Gasteiger partial charge in [-0.3, -0.25) is 9.80 Å². The van der Waals surface area contributed by atoms with Gasteiger partial charge in [0.25, 0.3) is 0 Å². The molecular weight excluding hydrogens is 240 g/mol. The van der Waals surface area contributed by atoms with Crippen molar-refractivity contribution in [3.05, 3.63) is 21.9 Å². The molecule has 100 valence electrons. The van der Waals surface area contributed by atoms with E-state index in [1.54, 1.807) is 4.88 Å². The van der Waals surface area contributed by atoms with Crippen molar-refractivity contribution in [2.75, 3.05) is 26.2 Å². The Morgan fingerprint density at radius 3 is 2.94 bits per heavy atom. The first kappa shape index (κ1) is 12.6. The summed E-state index contributed by atoms with van der Waals surface area (Å²) in [6.45, 7) is 8.66. The Bertz CT molecular complexity index is 388. The van der Waals surface area contributed by atoms with E-state index >= 15 is 0 Å². The number of hydrogen-bond acceptors (Lipinski definition) is 3. The Kier molecular flexibility index (Phi) is 4.02. The van der Waals surface area contributed by atoms with E-state index in [-0.39, 0.29) is 0 Å². The topological polar surface area (TPSA) is 6.48 Å². The standard InChI is InChI=1S/C15H24N2S/c1-13-6-10-18-15(13)12-16-7-4-9-17-8-3-2-5-14(17)11-16/h6,10,14H,2-5,7-9,11-12H2,1H3. The van der Waals surface area contributed by atoms with E-state index in [1.165, 1.54) is 64.0 Å². The Balaban J connectivity index is 1.64. The van der Waals surface area contributed by atoms with Crippen molar-refractivity contribution in [2.45, 2.75) is 45.2 Å². The van der Waals surface area contributed by atoms with Crippen molar-refractivity contribution >= 4 is 11.3 Å². The molecule has 1 aromatic heterocycles. The minimum Gasteiger partial charge on any atom is -0.299 e. The fourth-order valence-electron chi connectivity index (χ4n) is 3.36. The molecule has 0 spiro atoms. The van der Waals surface area contributed by atoms with Crippen LogP contribution in [0.25, 0.3) is 0 Å². The Hall–Kier alpha value is -0.380. The lowest BCUT2D eigenvalue weighted by Gasteiger charge is -2.35. The molecule has 0 bridgehead atoms. The number of fused-ring (bicyclic) bond motifs is 1. The summed E-state index contributed by atoms with van der Waals surface area (Å²) in [4.78, 5) is 7.00. The zero-order chi connectivity index (χ0) is 12.4. The molecule has 2 aliphatic rings. The largest absolute Gasteiger partial charge is 0.299 e. The van der Waals surface area contributed by atoms with Crippen LogP contribution < -0.4 is 0 Å². The number of nitrogens with zero attached hydrogens (tertiary/aromatic N) is 2. The molecule has 0 amide bonds. The Labute approximate surface area is 115 Å². The van der Waals surface area contributed by atoms with Gasteiger partial charge in [0.05, 0.1) is 0 Å². The first-order valence-electron chi connectivity index (χ1n) is 7.32. The average molecular weight is 264 g/mol. The van der Waals surface area contributed by atoms with Gasteiger partial charge in [0.1, 0.15) is 0 Å². The molecule has 0 N–H and O–H groups in total. The van der Waals surface area contributed by atoms with Crippen LogP contribution in [-0.2, 0) is 6.54 Å². The summed E-state index contributed by atoms with van der Waals surface area (Å²) >= 11 is 1.92. The highest BCUT2D eigenvalue weighted by Gasteiger charge is 2.27. The highest BCUT2D eigenvalue weighted by atomic mass is 32.1. The van der Waals surface area contributed by atoms with Crippen molar-refractivity contribution in [3.8, 4) is 0 Å². The van der Waals surface area contributed by atoms with Crippen LogP contribution in [0.4, 0.5) is 0 Å². The zero-order valence-corrected chi connectivity index (χ0v) is 12.2. The lowest BCUT2D eigenvalue weighted by Crippen LogP contribution is -2.43. The third-order valence-electron chi connectivity index (χ3n) is 4.47. The maximum atomic E-state index is 2.74. The molecule has 0 saturated carbocycles. The minimum atomic E-state index is 0.835. The highest BCUT2D eigenvalue weighted by Crippen LogP contribution is 2.24. The molecule has 2 saturated heterocycles. The van der Waals surface area contributed by atoms with Crippen LogP contribution in [0.15, 0.2) is 11.4 Å². The smallest absolute Gasteiger partial charge is 0.0331 e. The zero-order valence-electron chi connectivity index (χ0n) is 11.4. The monoisotopic (exact) mass is 264 g/mol. The Morgan fingerprint density at radius 1 is 1.22 bits per heavy atom. The fraction of sp³-hybridized carbons (Fsp3) is 0.733. The second kappa shape index (κ2) is 5.72. The fourth-order valence-corrected chi connectivity index (χ4v) is 4.31. The normalized spacial score (nSPS) is 26.8. The summed E-state index contributed by atoms with van der Waals surface area (Å²) in [6, 6.07) is 3.09. The van der Waals surface area contributed by atoms with Gasteiger partial charge in [-0.15, -0.1) is 11.3 Å². The molecule has 18 heavy (non-hydrogen) atoms. The number of hydrogen-bond donors (Lipinski definition) is 0. The summed E-state index contributed by atoms with van der Waals surface area (Å²) in [7, 11) is 0. The quantitative estimate of drug-likeness (QED) is 0.810. The Morgan fingerprint density at radius 2 is 2.11 bits per heavy atom. The molecule has 0 aromatic carbocycles. The van der Waals surface area contributed by atoms with Crippen LogP contribution in [0.5, 0.6) is 0 Å². The van der Waals surface area contributed by atoms with Crippen LogP contribution >= 0.6 is 11.3 Å². The summed E-state index contributed by atoms with van der Waals surface area (Å²) in [5, 5.41) is 2.23. The van der Waals surface area contributed by atoms with Crippen molar-refractivity contribution in [2.24, 2.45) is 0 Å². The van der Waals surface area contributed by atoms with Gasteiger partial charge < -0.3 is 0 Å². The van der Waals surface area contributed by atoms with Crippen LogP contribution in [0.3, 0.4) is 0 Å². The lowest BCUT2D eigenvalue weighted by atomic mass is 10.0. The number of piperidine rings is 1. The van der Waals surface area contributed by atoms with Gasteiger partial charge in [0, 0.05) is 24.0 Å². The van der Waals surface area contributed by atoms with Crippen molar-refractivity contribution in [1.29, 1.82) is 0 Å². The third-order valence-corrected chi connectivity index (χ3v) is 5.48. The molecule has 1 unspecified atom stereocenters. The molecule has 3 rings (SSSR count). The van der Waals surface area contributed by atoms with E-state index in [2.05, 4.69) is 28.2 Å². The van der Waals surface area contributed by atoms with Crippen LogP contribution in [0, 0.1) is 6.92 Å². The van der Waals surface area contributed by atoms with E-state index in [0.717, 1.165) is 6.04 Å². The summed E-state index contributed by atoms with van der Waals surface area (Å²) in [5.41, 5.74) is 1.48. The maximum Gasteiger partial charge on any atom is 0.0331 e. The predicted octanol–water partition coefficient (Wildman–Crippen LogP) is 3.12. The van der Waals surface area contributed by atoms with Crippen LogP contribution in [0.2, 0.25) is 0 Å². The van der Waals surface area contributed by atoms with Gasteiger partial charge >= 0.3 is 0 Å². The van der Waals surface area contributed by atoms with Gasteiger partial charge in [-0.1, -0.05) is 6.42 Å². The minimum absolute atomic E-state index is 0.835. The summed E-state index contributed by atoms with van der Waals surface area (Å²) < 4.78 is 0. The molecule has 1 atom stereocenters. The van der Waals surface area contributed by atoms with Gasteiger partial charge in [0.2, 0.25) is 0 Å².